The molecule has 0 fully saturated rings. The predicted octanol–water partition coefficient (Wildman–Crippen LogP) is 1.93. The van der Waals surface area contributed by atoms with Crippen molar-refractivity contribution in [1.29, 1.82) is 0 Å². The minimum atomic E-state index is -4.10. The second kappa shape index (κ2) is 5.14. The lowest BCUT2D eigenvalue weighted by molar-refractivity contribution is 0.594. The van der Waals surface area contributed by atoms with Gasteiger partial charge in [0.1, 0.15) is 0 Å². The van der Waals surface area contributed by atoms with Crippen molar-refractivity contribution < 1.29 is 16.8 Å². The summed E-state index contributed by atoms with van der Waals surface area (Å²) >= 11 is 0. The molecule has 0 bridgehead atoms. The van der Waals surface area contributed by atoms with Crippen LogP contribution in [0.5, 0.6) is 0 Å². The molecule has 0 N–H and O–H groups in total. The van der Waals surface area contributed by atoms with Crippen LogP contribution < -0.4 is 0 Å². The van der Waals surface area contributed by atoms with E-state index in [1.807, 2.05) is 0 Å². The third kappa shape index (κ3) is 3.21. The molecule has 0 atom stereocenters. The predicted molar refractivity (Wildman–Crippen MR) is 70.5 cm³/mol. The number of hydrogen-bond donors (Lipinski definition) is 0. The van der Waals surface area contributed by atoms with Crippen molar-refractivity contribution in [3.05, 3.63) is 65.7 Å². The molecule has 0 aliphatic heterocycles. The first-order valence-corrected chi connectivity index (χ1v) is 8.27. The van der Waals surface area contributed by atoms with Crippen LogP contribution in [0, 0.1) is 5.08 Å². The summed E-state index contributed by atoms with van der Waals surface area (Å²) in [4.78, 5) is -0.205. The first-order valence-electron chi connectivity index (χ1n) is 5.30. The van der Waals surface area contributed by atoms with Gasteiger partial charge < -0.3 is 0 Å². The SMILES string of the molecule is O=S(=O)([C-]S(=O)(=O)c1ccccc1)c1ccccc1. The van der Waals surface area contributed by atoms with Crippen LogP contribution in [0.2, 0.25) is 0 Å². The van der Waals surface area contributed by atoms with Gasteiger partial charge in [0.15, 0.2) is 0 Å². The minimum Gasteiger partial charge on any atom is -0.259 e. The van der Waals surface area contributed by atoms with Crippen molar-refractivity contribution in [2.75, 3.05) is 0 Å². The highest BCUT2D eigenvalue weighted by molar-refractivity contribution is 8.11. The minimum absolute atomic E-state index is 0.102. The summed E-state index contributed by atoms with van der Waals surface area (Å²) in [6.45, 7) is 0. The highest BCUT2D eigenvalue weighted by Gasteiger charge is 2.12. The van der Waals surface area contributed by atoms with E-state index in [4.69, 9.17) is 0 Å². The first kappa shape index (κ1) is 13.8. The Morgan fingerprint density at radius 2 is 0.895 bits per heavy atom. The molecule has 0 saturated carbocycles. The molecule has 0 saturated heterocycles. The van der Waals surface area contributed by atoms with Gasteiger partial charge in [-0.25, -0.2) is 0 Å². The summed E-state index contributed by atoms with van der Waals surface area (Å²) in [6, 6.07) is 14.6. The molecule has 2 rings (SSSR count). The Morgan fingerprint density at radius 1 is 0.579 bits per heavy atom. The zero-order valence-corrected chi connectivity index (χ0v) is 11.4. The first-order chi connectivity index (χ1) is 8.92. The van der Waals surface area contributed by atoms with E-state index in [1.165, 1.54) is 48.5 Å². The molecule has 6 heteroatoms. The van der Waals surface area contributed by atoms with Gasteiger partial charge in [-0.3, -0.25) is 16.8 Å². The molecule has 0 heterocycles. The van der Waals surface area contributed by atoms with Gasteiger partial charge in [0.25, 0.3) is 0 Å². The molecule has 2 aromatic carbocycles. The smallest absolute Gasteiger partial charge is 0.0425 e. The van der Waals surface area contributed by atoms with Gasteiger partial charge in [0.05, 0.1) is 0 Å². The summed E-state index contributed by atoms with van der Waals surface area (Å²) in [5.74, 6) is 0. The van der Waals surface area contributed by atoms with Crippen molar-refractivity contribution >= 4 is 19.7 Å². The van der Waals surface area contributed by atoms with E-state index in [0.717, 1.165) is 0 Å². The van der Waals surface area contributed by atoms with Crippen LogP contribution in [0.25, 0.3) is 0 Å². The Bertz CT molecular complexity index is 681. The second-order valence-electron chi connectivity index (χ2n) is 3.72. The third-order valence-electron chi connectivity index (χ3n) is 2.33. The lowest BCUT2D eigenvalue weighted by Crippen LogP contribution is -2.11. The van der Waals surface area contributed by atoms with Crippen molar-refractivity contribution in [1.82, 2.24) is 0 Å². The Hall–Kier alpha value is -1.66. The monoisotopic (exact) mass is 294 g/mol. The van der Waals surface area contributed by atoms with E-state index in [1.54, 1.807) is 17.2 Å². The fraction of sp³-hybridized carbons (Fsp3) is 0. The normalized spacial score (nSPS) is 12.2. The molecule has 4 nitrogen and oxygen atoms in total. The second-order valence-corrected chi connectivity index (χ2v) is 7.34. The maximum atomic E-state index is 11.9. The highest BCUT2D eigenvalue weighted by Crippen LogP contribution is 2.21. The molecule has 2 aromatic rings. The average molecular weight is 294 g/mol. The third-order valence-corrected chi connectivity index (χ3v) is 5.87. The summed E-state index contributed by atoms with van der Waals surface area (Å²) in [5, 5.41) is 1.71. The molecular formula is C13H10O4S2-. The number of hydrogen-bond acceptors (Lipinski definition) is 4. The van der Waals surface area contributed by atoms with Crippen molar-refractivity contribution in [3.63, 3.8) is 0 Å². The quantitative estimate of drug-likeness (QED) is 0.808. The van der Waals surface area contributed by atoms with Gasteiger partial charge in [0, 0.05) is 29.5 Å². The van der Waals surface area contributed by atoms with E-state index in [0.29, 0.717) is 0 Å². The van der Waals surface area contributed by atoms with Crippen LogP contribution in [-0.2, 0) is 19.7 Å². The fourth-order valence-corrected chi connectivity index (χ4v) is 4.40. The summed E-state index contributed by atoms with van der Waals surface area (Å²) < 4.78 is 47.7. The molecule has 0 unspecified atom stereocenters. The van der Waals surface area contributed by atoms with Gasteiger partial charge in [-0.15, -0.1) is 0 Å². The summed E-state index contributed by atoms with van der Waals surface area (Å²) in [6.07, 6.45) is 0. The van der Waals surface area contributed by atoms with E-state index in [-0.39, 0.29) is 9.79 Å². The van der Waals surface area contributed by atoms with E-state index >= 15 is 0 Å². The summed E-state index contributed by atoms with van der Waals surface area (Å²) in [5.41, 5.74) is 0. The van der Waals surface area contributed by atoms with Gasteiger partial charge >= 0.3 is 0 Å². The zero-order chi connectivity index (χ0) is 13.9. The largest absolute Gasteiger partial charge is 0.259 e. The summed E-state index contributed by atoms with van der Waals surface area (Å²) in [7, 11) is -8.21. The van der Waals surface area contributed by atoms with E-state index in [2.05, 4.69) is 0 Å². The lowest BCUT2D eigenvalue weighted by atomic mass is 10.4. The van der Waals surface area contributed by atoms with Crippen LogP contribution in [0.15, 0.2) is 70.5 Å². The number of sulfone groups is 2. The molecule has 0 amide bonds. The van der Waals surface area contributed by atoms with Crippen molar-refractivity contribution in [3.8, 4) is 0 Å². The van der Waals surface area contributed by atoms with E-state index < -0.39 is 19.7 Å². The molecule has 0 aliphatic carbocycles. The molecule has 99 valence electrons. The maximum absolute atomic E-state index is 11.9. The molecule has 0 aromatic heterocycles. The Labute approximate surface area is 112 Å². The lowest BCUT2D eigenvalue weighted by Gasteiger charge is -2.18. The molecule has 0 aliphatic rings. The topological polar surface area (TPSA) is 68.3 Å². The Morgan fingerprint density at radius 3 is 1.21 bits per heavy atom. The standard InChI is InChI=1S/C13H10O4S2/c14-18(15,12-7-3-1-4-8-12)11-19(16,17)13-9-5-2-6-10-13/h1-10H/q-1. The Kier molecular flexibility index (Phi) is 3.73. The maximum Gasteiger partial charge on any atom is 0.0425 e. The zero-order valence-electron chi connectivity index (χ0n) is 9.72. The molecule has 19 heavy (non-hydrogen) atoms. The van der Waals surface area contributed by atoms with Crippen molar-refractivity contribution in [2.45, 2.75) is 9.79 Å². The van der Waals surface area contributed by atoms with Gasteiger partial charge in [0.2, 0.25) is 0 Å². The number of rotatable bonds is 4. The van der Waals surface area contributed by atoms with Gasteiger partial charge in [-0.2, -0.15) is 5.08 Å². The van der Waals surface area contributed by atoms with Crippen LogP contribution in [0.4, 0.5) is 0 Å². The van der Waals surface area contributed by atoms with E-state index in [9.17, 15) is 16.8 Å². The van der Waals surface area contributed by atoms with Crippen LogP contribution >= 0.6 is 0 Å². The van der Waals surface area contributed by atoms with Crippen molar-refractivity contribution in [2.24, 2.45) is 0 Å². The van der Waals surface area contributed by atoms with Crippen LogP contribution in [0.3, 0.4) is 0 Å². The average Bonchev–Trinajstić information content (AvgIpc) is 2.40. The fourth-order valence-electron chi connectivity index (χ4n) is 1.44. The van der Waals surface area contributed by atoms with Gasteiger partial charge in [-0.05, 0) is 24.3 Å². The molecule has 0 spiro atoms. The Balaban J connectivity index is 2.37. The van der Waals surface area contributed by atoms with Crippen LogP contribution in [-0.4, -0.2) is 16.8 Å². The highest BCUT2D eigenvalue weighted by atomic mass is 32.3. The molecular weight excluding hydrogens is 284 g/mol. The number of benzene rings is 2. The van der Waals surface area contributed by atoms with Gasteiger partial charge in [-0.1, -0.05) is 36.4 Å². The van der Waals surface area contributed by atoms with Crippen LogP contribution in [0.1, 0.15) is 0 Å². The molecule has 1 radical (unpaired) electrons.